The minimum atomic E-state index is -4.96. The van der Waals surface area contributed by atoms with Gasteiger partial charge in [0.25, 0.3) is 17.3 Å². The Balaban J connectivity index is 0. The zero-order valence-electron chi connectivity index (χ0n) is 32.7. The first-order valence-corrected chi connectivity index (χ1v) is 17.0. The third-order valence-corrected chi connectivity index (χ3v) is 6.48. The van der Waals surface area contributed by atoms with Crippen LogP contribution in [0.1, 0.15) is 22.3 Å². The third-order valence-electron chi connectivity index (χ3n) is 6.48. The number of hydrogen-bond donors (Lipinski definition) is 5. The Hall–Kier alpha value is -5.58. The molecule has 0 aliphatic rings. The van der Waals surface area contributed by atoms with Crippen molar-refractivity contribution in [2.45, 2.75) is 24.7 Å². The van der Waals surface area contributed by atoms with Gasteiger partial charge >= 0.3 is 30.5 Å². The summed E-state index contributed by atoms with van der Waals surface area (Å²) in [6, 6.07) is 30.2. The number of hydrogen-bond acceptors (Lipinski definition) is 8. The van der Waals surface area contributed by atoms with Gasteiger partial charge in [0.2, 0.25) is 5.76 Å². The fourth-order valence-electron chi connectivity index (χ4n) is 3.60. The van der Waals surface area contributed by atoms with Crippen LogP contribution < -0.4 is 5.32 Å². The molecular weight excluding hydrogens is 1030 g/mol. The first-order valence-electron chi connectivity index (χ1n) is 17.0. The summed E-state index contributed by atoms with van der Waals surface area (Å²) >= 11 is 0. The van der Waals surface area contributed by atoms with Crippen LogP contribution in [-0.2, 0) is 14.4 Å². The smallest absolute Gasteiger partial charge is 0.454 e. The van der Waals surface area contributed by atoms with E-state index in [1.54, 1.807) is 36.4 Å². The van der Waals surface area contributed by atoms with Crippen molar-refractivity contribution in [3.8, 4) is 0 Å². The molecule has 0 aliphatic carbocycles. The van der Waals surface area contributed by atoms with Gasteiger partial charge in [0, 0.05) is 84.3 Å². The van der Waals surface area contributed by atoms with E-state index in [4.69, 9.17) is 5.11 Å². The molecule has 0 aromatic heterocycles. The number of rotatable bonds is 8. The van der Waals surface area contributed by atoms with Gasteiger partial charge in [-0.2, -0.15) is 52.7 Å². The molecule has 0 bridgehead atoms. The number of carbonyl (C=O) groups excluding carboxylic acids is 4. The van der Waals surface area contributed by atoms with E-state index >= 15 is 0 Å². The summed E-state index contributed by atoms with van der Waals surface area (Å²) in [7, 11) is 3.75. The SMILES string of the molecule is CNC.O/C(=C\C(=[OH+])c1ccccc1)C(F)(F)F.O=C(C=C(O)c1ccccc1)C(F)(F)F.O=C(C=C(O)c1ccccc1)C(F)(F)F.O=C(C=C(O)c1ccccc1)C(F)(F)F.[Eu]. The van der Waals surface area contributed by atoms with Gasteiger partial charge < -0.3 is 25.7 Å². The Kier molecular flexibility index (Phi) is 27.4. The Bertz CT molecular complexity index is 1990. The van der Waals surface area contributed by atoms with E-state index in [1.807, 2.05) is 14.1 Å². The molecule has 0 atom stereocenters. The molecule has 0 amide bonds. The number of halogens is 12. The molecule has 4 rings (SSSR count). The minimum Gasteiger partial charge on any atom is -0.507 e. The van der Waals surface area contributed by atoms with Crippen LogP contribution >= 0.6 is 0 Å². The largest absolute Gasteiger partial charge is 0.507 e. The summed E-state index contributed by atoms with van der Waals surface area (Å²) in [5, 5.41) is 38.9. The van der Waals surface area contributed by atoms with Gasteiger partial charge in [-0.3, -0.25) is 19.2 Å². The van der Waals surface area contributed by atoms with Crippen LogP contribution in [0.5, 0.6) is 0 Å². The van der Waals surface area contributed by atoms with Crippen molar-refractivity contribution in [2.24, 2.45) is 0 Å². The monoisotopic (exact) mass is 1060 g/mol. The maximum absolute atomic E-state index is 11.9. The van der Waals surface area contributed by atoms with Gasteiger partial charge in [-0.25, -0.2) is 0 Å². The second kappa shape index (κ2) is 29.0. The summed E-state index contributed by atoms with van der Waals surface area (Å²) in [4.78, 5) is 40.7. The quantitative estimate of drug-likeness (QED) is 0.0383. The van der Waals surface area contributed by atoms with Crippen LogP contribution in [0.15, 0.2) is 151 Å². The van der Waals surface area contributed by atoms with Crippen molar-refractivity contribution in [1.82, 2.24) is 5.32 Å². The van der Waals surface area contributed by atoms with Gasteiger partial charge in [0.05, 0.1) is 11.6 Å². The standard InChI is InChI=1S/4C10H7F3O2.C2H7N.Eu/c4*11-10(12,13)9(15)6-8(14)7-4-2-1-3-5-7;1-3-2;/h1-6,15H;3*1-6,14H;3H,1-2H3;/p+1/b9-6-;;;;;. The molecule has 0 fully saturated rings. The zero-order chi connectivity index (χ0) is 48.6. The van der Waals surface area contributed by atoms with Gasteiger partial charge in [0.1, 0.15) is 17.3 Å². The van der Waals surface area contributed by atoms with Crippen molar-refractivity contribution in [2.75, 3.05) is 14.1 Å². The van der Waals surface area contributed by atoms with E-state index in [-0.39, 0.29) is 95.9 Å². The third kappa shape index (κ3) is 25.5. The predicted molar refractivity (Wildman–Crippen MR) is 209 cm³/mol. The zero-order valence-corrected chi connectivity index (χ0v) is 35.2. The van der Waals surface area contributed by atoms with E-state index in [9.17, 15) is 87.2 Å². The van der Waals surface area contributed by atoms with Crippen LogP contribution in [0.3, 0.4) is 0 Å². The molecule has 0 unspecified atom stereocenters. The summed E-state index contributed by atoms with van der Waals surface area (Å²) in [5.41, 5.74) is 0.689. The number of aliphatic hydroxyl groups is 4. The van der Waals surface area contributed by atoms with Crippen LogP contribution in [-0.4, -0.2) is 87.2 Å². The predicted octanol–water partition coefficient (Wildman–Crippen LogP) is 10.6. The topological polar surface area (TPSA) is 166 Å². The number of alkyl halides is 12. The molecular formula is C42H36EuF12NO8+. The van der Waals surface area contributed by atoms with Crippen LogP contribution in [0, 0.1) is 49.4 Å². The van der Waals surface area contributed by atoms with E-state index in [0.29, 0.717) is 0 Å². The van der Waals surface area contributed by atoms with Crippen LogP contribution in [0.4, 0.5) is 52.7 Å². The molecule has 9 nitrogen and oxygen atoms in total. The maximum atomic E-state index is 11.9. The van der Waals surface area contributed by atoms with E-state index in [2.05, 4.69) is 5.32 Å². The number of nitrogens with one attached hydrogen (secondary N) is 1. The molecule has 0 aliphatic heterocycles. The maximum Gasteiger partial charge on any atom is 0.454 e. The number of ketones is 4. The summed E-state index contributed by atoms with van der Waals surface area (Å²) in [5.74, 6) is -10.8. The number of allylic oxidation sites excluding steroid dienone is 5. The molecule has 0 saturated carbocycles. The van der Waals surface area contributed by atoms with Gasteiger partial charge in [-0.1, -0.05) is 109 Å². The second-order valence-corrected chi connectivity index (χ2v) is 11.6. The summed E-state index contributed by atoms with van der Waals surface area (Å²) < 4.78 is 142. The first-order chi connectivity index (χ1) is 29.1. The molecule has 6 N–H and O–H groups in total. The summed E-state index contributed by atoms with van der Waals surface area (Å²) in [6.07, 6.45) is -19.0. The molecule has 64 heavy (non-hydrogen) atoms. The molecule has 0 saturated heterocycles. The molecule has 0 spiro atoms. The Morgan fingerprint density at radius 1 is 0.422 bits per heavy atom. The molecule has 4 aromatic rings. The molecule has 1 radical (unpaired) electrons. The Labute approximate surface area is 397 Å². The number of aliphatic hydroxyl groups excluding tert-OH is 4. The number of benzene rings is 4. The molecule has 22 heteroatoms. The van der Waals surface area contributed by atoms with Gasteiger partial charge in [-0.05, 0) is 26.2 Å². The van der Waals surface area contributed by atoms with Crippen molar-refractivity contribution >= 4 is 40.4 Å². The van der Waals surface area contributed by atoms with Crippen LogP contribution in [0.25, 0.3) is 17.3 Å². The van der Waals surface area contributed by atoms with Crippen molar-refractivity contribution in [1.29, 1.82) is 0 Å². The fraction of sp³-hybridized carbons (Fsp3) is 0.143. The first kappa shape index (κ1) is 60.5. The number of carbonyl (C=O) groups is 3. The fourth-order valence-corrected chi connectivity index (χ4v) is 3.60. The van der Waals surface area contributed by atoms with Crippen molar-refractivity contribution < 1.29 is 142 Å². The second-order valence-electron chi connectivity index (χ2n) is 11.6. The van der Waals surface area contributed by atoms with Gasteiger partial charge in [0.15, 0.2) is 0 Å². The minimum absolute atomic E-state index is 0. The van der Waals surface area contributed by atoms with Crippen molar-refractivity contribution in [3.63, 3.8) is 0 Å². The Morgan fingerprint density at radius 3 is 0.812 bits per heavy atom. The average Bonchev–Trinajstić information content (AvgIpc) is 3.21. The van der Waals surface area contributed by atoms with Crippen molar-refractivity contribution in [3.05, 3.63) is 174 Å². The average molecular weight is 1060 g/mol. The van der Waals surface area contributed by atoms with E-state index in [0.717, 1.165) is 0 Å². The summed E-state index contributed by atoms with van der Waals surface area (Å²) in [6.45, 7) is 0. The normalized spacial score (nSPS) is 12.1. The molecule has 4 aromatic carbocycles. The molecule has 347 valence electrons. The van der Waals surface area contributed by atoms with Crippen LogP contribution in [0.2, 0.25) is 0 Å². The van der Waals surface area contributed by atoms with Gasteiger partial charge in [-0.15, -0.1) is 0 Å². The van der Waals surface area contributed by atoms with E-state index in [1.165, 1.54) is 84.9 Å². The Morgan fingerprint density at radius 2 is 0.625 bits per heavy atom. The van der Waals surface area contributed by atoms with E-state index < -0.39 is 70.9 Å². The molecule has 0 heterocycles.